The first-order valence-corrected chi connectivity index (χ1v) is 6.37. The van der Waals surface area contributed by atoms with Crippen LogP contribution in [0.5, 0.6) is 0 Å². The number of hydrogen-bond acceptors (Lipinski definition) is 1. The molecule has 2 heteroatoms. The van der Waals surface area contributed by atoms with E-state index in [0.717, 1.165) is 25.7 Å². The third-order valence-corrected chi connectivity index (χ3v) is 3.76. The Kier molecular flexibility index (Phi) is 2.71. The first kappa shape index (κ1) is 10.6. The molecule has 0 aromatic heterocycles. The van der Waals surface area contributed by atoms with Crippen LogP contribution in [0.4, 0.5) is 0 Å². The SMILES string of the molecule is O=C(NC1C=CCC1)C1Cc2ccccc2C1. The van der Waals surface area contributed by atoms with E-state index in [1.54, 1.807) is 0 Å². The van der Waals surface area contributed by atoms with Gasteiger partial charge in [0.1, 0.15) is 0 Å². The summed E-state index contributed by atoms with van der Waals surface area (Å²) in [5, 5.41) is 3.13. The highest BCUT2D eigenvalue weighted by atomic mass is 16.1. The van der Waals surface area contributed by atoms with Crippen LogP contribution in [0.3, 0.4) is 0 Å². The molecule has 2 aliphatic carbocycles. The van der Waals surface area contributed by atoms with Crippen LogP contribution in [0.1, 0.15) is 24.0 Å². The molecule has 0 saturated heterocycles. The number of benzene rings is 1. The monoisotopic (exact) mass is 227 g/mol. The van der Waals surface area contributed by atoms with Gasteiger partial charge in [-0.15, -0.1) is 0 Å². The number of carbonyl (C=O) groups is 1. The fourth-order valence-corrected chi connectivity index (χ4v) is 2.80. The molecule has 1 atom stereocenters. The van der Waals surface area contributed by atoms with Crippen molar-refractivity contribution in [3.63, 3.8) is 0 Å². The molecular formula is C15H17NO. The van der Waals surface area contributed by atoms with Crippen LogP contribution in [0.2, 0.25) is 0 Å². The second kappa shape index (κ2) is 4.36. The second-order valence-corrected chi connectivity index (χ2v) is 4.99. The molecule has 2 nitrogen and oxygen atoms in total. The topological polar surface area (TPSA) is 29.1 Å². The normalized spacial score (nSPS) is 22.7. The minimum absolute atomic E-state index is 0.140. The standard InChI is InChI=1S/C15H17NO/c17-15(16-14-7-3-4-8-14)13-9-11-5-1-2-6-12(11)10-13/h1-3,5-7,13-14H,4,8-10H2,(H,16,17). The van der Waals surface area contributed by atoms with Crippen molar-refractivity contribution in [2.75, 3.05) is 0 Å². The van der Waals surface area contributed by atoms with Crippen molar-refractivity contribution in [3.8, 4) is 0 Å². The number of hydrogen-bond donors (Lipinski definition) is 1. The first-order valence-electron chi connectivity index (χ1n) is 6.37. The Morgan fingerprint density at radius 2 is 1.88 bits per heavy atom. The van der Waals surface area contributed by atoms with E-state index >= 15 is 0 Å². The van der Waals surface area contributed by atoms with E-state index in [2.05, 4.69) is 41.7 Å². The molecule has 0 spiro atoms. The summed E-state index contributed by atoms with van der Waals surface area (Å²) in [4.78, 5) is 12.1. The molecular weight excluding hydrogens is 210 g/mol. The molecule has 17 heavy (non-hydrogen) atoms. The summed E-state index contributed by atoms with van der Waals surface area (Å²) in [6.07, 6.45) is 8.21. The molecule has 0 fully saturated rings. The summed E-state index contributed by atoms with van der Waals surface area (Å²) in [5.74, 6) is 0.360. The van der Waals surface area contributed by atoms with Gasteiger partial charge in [0.2, 0.25) is 5.91 Å². The molecule has 1 aromatic rings. The minimum atomic E-state index is 0.140. The minimum Gasteiger partial charge on any atom is -0.350 e. The fraction of sp³-hybridized carbons (Fsp3) is 0.400. The van der Waals surface area contributed by atoms with Gasteiger partial charge < -0.3 is 5.32 Å². The van der Waals surface area contributed by atoms with Gasteiger partial charge in [0.15, 0.2) is 0 Å². The smallest absolute Gasteiger partial charge is 0.224 e. The molecule has 3 rings (SSSR count). The zero-order chi connectivity index (χ0) is 11.7. The van der Waals surface area contributed by atoms with Crippen LogP contribution < -0.4 is 5.32 Å². The predicted molar refractivity (Wildman–Crippen MR) is 67.6 cm³/mol. The molecule has 1 unspecified atom stereocenters. The van der Waals surface area contributed by atoms with E-state index < -0.39 is 0 Å². The molecule has 0 aliphatic heterocycles. The lowest BCUT2D eigenvalue weighted by Crippen LogP contribution is -2.37. The highest BCUT2D eigenvalue weighted by Crippen LogP contribution is 2.26. The number of rotatable bonds is 2. The van der Waals surface area contributed by atoms with Crippen LogP contribution in [0, 0.1) is 5.92 Å². The highest BCUT2D eigenvalue weighted by molar-refractivity contribution is 5.80. The number of amides is 1. The molecule has 1 amide bonds. The average Bonchev–Trinajstić information content (AvgIpc) is 2.96. The van der Waals surface area contributed by atoms with Gasteiger partial charge in [-0.05, 0) is 36.8 Å². The Bertz CT molecular complexity index is 439. The maximum Gasteiger partial charge on any atom is 0.224 e. The first-order chi connectivity index (χ1) is 8.33. The summed E-state index contributed by atoms with van der Waals surface area (Å²) < 4.78 is 0. The Balaban J connectivity index is 1.64. The maximum atomic E-state index is 12.1. The number of allylic oxidation sites excluding steroid dienone is 1. The Labute approximate surface area is 102 Å². The zero-order valence-corrected chi connectivity index (χ0v) is 9.86. The van der Waals surface area contributed by atoms with Crippen molar-refractivity contribution in [2.24, 2.45) is 5.92 Å². The van der Waals surface area contributed by atoms with Crippen LogP contribution in [-0.4, -0.2) is 11.9 Å². The van der Waals surface area contributed by atoms with Crippen molar-refractivity contribution in [2.45, 2.75) is 31.7 Å². The molecule has 0 radical (unpaired) electrons. The van der Waals surface area contributed by atoms with Crippen molar-refractivity contribution < 1.29 is 4.79 Å². The number of nitrogens with one attached hydrogen (secondary N) is 1. The average molecular weight is 227 g/mol. The summed E-state index contributed by atoms with van der Waals surface area (Å²) in [7, 11) is 0. The zero-order valence-electron chi connectivity index (χ0n) is 9.86. The Hall–Kier alpha value is -1.57. The lowest BCUT2D eigenvalue weighted by Gasteiger charge is -2.14. The van der Waals surface area contributed by atoms with Gasteiger partial charge in [0.05, 0.1) is 0 Å². The van der Waals surface area contributed by atoms with Gasteiger partial charge in [0.25, 0.3) is 0 Å². The van der Waals surface area contributed by atoms with Gasteiger partial charge in [-0.25, -0.2) is 0 Å². The third-order valence-electron chi connectivity index (χ3n) is 3.76. The van der Waals surface area contributed by atoms with Gasteiger partial charge in [-0.2, -0.15) is 0 Å². The van der Waals surface area contributed by atoms with Crippen LogP contribution in [-0.2, 0) is 17.6 Å². The van der Waals surface area contributed by atoms with Crippen molar-refractivity contribution in [1.82, 2.24) is 5.32 Å². The van der Waals surface area contributed by atoms with E-state index in [9.17, 15) is 4.79 Å². The molecule has 1 aromatic carbocycles. The predicted octanol–water partition coefficient (Wildman–Crippen LogP) is 2.24. The van der Waals surface area contributed by atoms with Gasteiger partial charge >= 0.3 is 0 Å². The number of carbonyl (C=O) groups excluding carboxylic acids is 1. The number of fused-ring (bicyclic) bond motifs is 1. The van der Waals surface area contributed by atoms with E-state index in [0.29, 0.717) is 0 Å². The molecule has 2 aliphatic rings. The van der Waals surface area contributed by atoms with Crippen LogP contribution in [0.25, 0.3) is 0 Å². The maximum absolute atomic E-state index is 12.1. The summed E-state index contributed by atoms with van der Waals surface area (Å²) in [6, 6.07) is 8.65. The fourth-order valence-electron chi connectivity index (χ4n) is 2.80. The van der Waals surface area contributed by atoms with Gasteiger partial charge in [-0.3, -0.25) is 4.79 Å². The summed E-state index contributed by atoms with van der Waals surface area (Å²) in [6.45, 7) is 0. The lowest BCUT2D eigenvalue weighted by atomic mass is 10.1. The van der Waals surface area contributed by atoms with Crippen LogP contribution >= 0.6 is 0 Å². The van der Waals surface area contributed by atoms with Crippen molar-refractivity contribution in [1.29, 1.82) is 0 Å². The molecule has 0 saturated carbocycles. The van der Waals surface area contributed by atoms with E-state index in [4.69, 9.17) is 0 Å². The largest absolute Gasteiger partial charge is 0.350 e. The van der Waals surface area contributed by atoms with Crippen LogP contribution in [0.15, 0.2) is 36.4 Å². The van der Waals surface area contributed by atoms with E-state index in [1.165, 1.54) is 11.1 Å². The van der Waals surface area contributed by atoms with Gasteiger partial charge in [0, 0.05) is 12.0 Å². The Morgan fingerprint density at radius 3 is 2.47 bits per heavy atom. The Morgan fingerprint density at radius 1 is 1.18 bits per heavy atom. The van der Waals surface area contributed by atoms with E-state index in [-0.39, 0.29) is 17.9 Å². The van der Waals surface area contributed by atoms with Crippen molar-refractivity contribution in [3.05, 3.63) is 47.5 Å². The van der Waals surface area contributed by atoms with E-state index in [1.807, 2.05) is 0 Å². The molecule has 1 N–H and O–H groups in total. The quantitative estimate of drug-likeness (QED) is 0.771. The highest BCUT2D eigenvalue weighted by Gasteiger charge is 2.28. The second-order valence-electron chi connectivity index (χ2n) is 4.99. The molecule has 0 heterocycles. The third kappa shape index (κ3) is 2.12. The van der Waals surface area contributed by atoms with Gasteiger partial charge in [-0.1, -0.05) is 36.4 Å². The molecule has 0 bridgehead atoms. The van der Waals surface area contributed by atoms with Crippen molar-refractivity contribution >= 4 is 5.91 Å². The summed E-state index contributed by atoms with van der Waals surface area (Å²) in [5.41, 5.74) is 2.68. The summed E-state index contributed by atoms with van der Waals surface area (Å²) >= 11 is 0. The lowest BCUT2D eigenvalue weighted by molar-refractivity contribution is -0.125. The molecule has 88 valence electrons.